The van der Waals surface area contributed by atoms with Crippen molar-refractivity contribution < 1.29 is 9.90 Å². The number of nitrogens with two attached hydrogens (primary N) is 1. The van der Waals surface area contributed by atoms with Gasteiger partial charge in [0, 0.05) is 43.5 Å². The minimum atomic E-state index is -0.413. The van der Waals surface area contributed by atoms with Gasteiger partial charge in [0.2, 0.25) is 5.91 Å². The van der Waals surface area contributed by atoms with E-state index in [2.05, 4.69) is 26.8 Å². The maximum atomic E-state index is 12.3. The first-order chi connectivity index (χ1) is 16.9. The van der Waals surface area contributed by atoms with Crippen LogP contribution in [0.2, 0.25) is 0 Å². The molecule has 4 aromatic heterocycles. The zero-order valence-corrected chi connectivity index (χ0v) is 20.1. The normalized spacial score (nSPS) is 11.4. The van der Waals surface area contributed by atoms with Crippen LogP contribution in [-0.2, 0) is 24.3 Å². The summed E-state index contributed by atoms with van der Waals surface area (Å²) < 4.78 is 3.48. The fraction of sp³-hybridized carbons (Fsp3) is 0.400. The number of imidazole rings is 1. The lowest BCUT2D eigenvalue weighted by molar-refractivity contribution is -0.121. The first-order valence-electron chi connectivity index (χ1n) is 11.9. The molecule has 0 aliphatic carbocycles. The molecule has 0 spiro atoms. The van der Waals surface area contributed by atoms with E-state index >= 15 is 0 Å². The van der Waals surface area contributed by atoms with Crippen molar-refractivity contribution in [2.24, 2.45) is 0 Å². The molecule has 10 heteroatoms. The number of rotatable bonds is 10. The molecule has 4 aromatic rings. The average Bonchev–Trinajstić information content (AvgIpc) is 3.20. The molecule has 0 unspecified atom stereocenters. The van der Waals surface area contributed by atoms with Gasteiger partial charge >= 0.3 is 0 Å². The largest absolute Gasteiger partial charge is 0.507 e. The lowest BCUT2D eigenvalue weighted by Crippen LogP contribution is -2.32. The van der Waals surface area contributed by atoms with E-state index in [4.69, 9.17) is 10.7 Å². The first kappa shape index (κ1) is 24.2. The van der Waals surface area contributed by atoms with Crippen LogP contribution in [-0.4, -0.2) is 41.6 Å². The van der Waals surface area contributed by atoms with E-state index in [9.17, 15) is 14.7 Å². The Bertz CT molecular complexity index is 1420. The summed E-state index contributed by atoms with van der Waals surface area (Å²) in [4.78, 5) is 38.1. The van der Waals surface area contributed by atoms with Gasteiger partial charge in [0.1, 0.15) is 34.7 Å². The highest BCUT2D eigenvalue weighted by Crippen LogP contribution is 2.28. The molecule has 0 atom stereocenters. The molecule has 0 bridgehead atoms. The molecule has 4 rings (SSSR count). The van der Waals surface area contributed by atoms with Crippen LogP contribution in [0.3, 0.4) is 0 Å². The first-order valence-corrected chi connectivity index (χ1v) is 11.9. The van der Waals surface area contributed by atoms with E-state index in [1.807, 2.05) is 12.1 Å². The Hall–Kier alpha value is -3.95. The molecule has 10 nitrogen and oxygen atoms in total. The van der Waals surface area contributed by atoms with E-state index < -0.39 is 5.56 Å². The number of carbonyl (C=O) groups excluding carboxylic acids is 1. The Morgan fingerprint density at radius 3 is 2.83 bits per heavy atom. The molecule has 4 heterocycles. The minimum absolute atomic E-state index is 0.0718. The van der Waals surface area contributed by atoms with Gasteiger partial charge in [-0.3, -0.25) is 14.6 Å². The fourth-order valence-electron chi connectivity index (χ4n) is 4.17. The zero-order chi connectivity index (χ0) is 24.9. The van der Waals surface area contributed by atoms with E-state index in [1.54, 1.807) is 13.1 Å². The molecule has 0 aliphatic heterocycles. The van der Waals surface area contributed by atoms with Crippen molar-refractivity contribution in [2.75, 3.05) is 12.3 Å². The predicted molar refractivity (Wildman–Crippen MR) is 135 cm³/mol. The quantitative estimate of drug-likeness (QED) is 0.298. The topological polar surface area (TPSA) is 141 Å². The van der Waals surface area contributed by atoms with Crippen LogP contribution in [0.5, 0.6) is 5.75 Å². The molecule has 35 heavy (non-hydrogen) atoms. The van der Waals surface area contributed by atoms with Gasteiger partial charge in [-0.25, -0.2) is 9.97 Å². The van der Waals surface area contributed by atoms with E-state index in [0.29, 0.717) is 23.4 Å². The molecule has 0 saturated carbocycles. The summed E-state index contributed by atoms with van der Waals surface area (Å²) in [6, 6.07) is 4.86. The van der Waals surface area contributed by atoms with E-state index in [1.165, 1.54) is 10.8 Å². The molecular weight excluding hydrogens is 446 g/mol. The van der Waals surface area contributed by atoms with Gasteiger partial charge in [-0.05, 0) is 38.3 Å². The second-order valence-electron chi connectivity index (χ2n) is 8.71. The lowest BCUT2D eigenvalue weighted by Gasteiger charge is -2.11. The number of pyridine rings is 3. The number of nitrogen functional groups attached to an aromatic ring is 1. The summed E-state index contributed by atoms with van der Waals surface area (Å²) >= 11 is 0. The Morgan fingerprint density at radius 1 is 1.20 bits per heavy atom. The maximum absolute atomic E-state index is 12.3. The van der Waals surface area contributed by atoms with Crippen LogP contribution in [0.25, 0.3) is 22.1 Å². The summed E-state index contributed by atoms with van der Waals surface area (Å²) in [5.41, 5.74) is 9.49. The molecule has 0 aliphatic rings. The standard InChI is InChI=1S/C25H31N7O3/c1-3-4-9-19-30-23-24(22-17(29-25(23)26)8-7-11-28-22)32(19)12-6-5-10-27-20(34)15-31-14-16(2)18(33)13-21(31)35/h7-8,11,13-14,33H,3-6,9-10,12,15H2,1-2H3,(H2,26,29)(H,27,34). The second-order valence-corrected chi connectivity index (χ2v) is 8.71. The number of aromatic nitrogens is 5. The van der Waals surface area contributed by atoms with E-state index in [0.717, 1.165) is 67.1 Å². The molecule has 0 radical (unpaired) electrons. The highest BCUT2D eigenvalue weighted by atomic mass is 16.3. The molecule has 4 N–H and O–H groups in total. The van der Waals surface area contributed by atoms with Crippen molar-refractivity contribution in [1.29, 1.82) is 0 Å². The number of aryl methyl sites for hydroxylation is 3. The number of nitrogens with one attached hydrogen (secondary N) is 1. The summed E-state index contributed by atoms with van der Waals surface area (Å²) in [7, 11) is 0. The van der Waals surface area contributed by atoms with Gasteiger partial charge in [-0.15, -0.1) is 0 Å². The molecular formula is C25H31N7O3. The monoisotopic (exact) mass is 477 g/mol. The third kappa shape index (κ3) is 5.26. The lowest BCUT2D eigenvalue weighted by atomic mass is 10.2. The summed E-state index contributed by atoms with van der Waals surface area (Å²) in [5.74, 6) is 1.06. The average molecular weight is 478 g/mol. The Balaban J connectivity index is 1.43. The number of nitrogens with zero attached hydrogens (tertiary/aromatic N) is 5. The number of aromatic hydroxyl groups is 1. The van der Waals surface area contributed by atoms with Crippen molar-refractivity contribution >= 4 is 33.8 Å². The summed E-state index contributed by atoms with van der Waals surface area (Å²) in [6.45, 7) is 4.95. The van der Waals surface area contributed by atoms with Crippen LogP contribution in [0.1, 0.15) is 44.0 Å². The van der Waals surface area contributed by atoms with Gasteiger partial charge in [0.15, 0.2) is 5.82 Å². The number of anilines is 1. The van der Waals surface area contributed by atoms with Crippen LogP contribution in [0, 0.1) is 6.92 Å². The van der Waals surface area contributed by atoms with Gasteiger partial charge < -0.3 is 25.3 Å². The third-order valence-corrected chi connectivity index (χ3v) is 6.04. The third-order valence-electron chi connectivity index (χ3n) is 6.04. The van der Waals surface area contributed by atoms with E-state index in [-0.39, 0.29) is 18.2 Å². The van der Waals surface area contributed by atoms with Crippen LogP contribution < -0.4 is 16.6 Å². The Labute approximate surface area is 202 Å². The van der Waals surface area contributed by atoms with Crippen molar-refractivity contribution in [3.8, 4) is 5.75 Å². The van der Waals surface area contributed by atoms with Gasteiger partial charge in [-0.1, -0.05) is 13.3 Å². The number of amides is 1. The van der Waals surface area contributed by atoms with Crippen molar-refractivity contribution in [2.45, 2.75) is 59.0 Å². The molecule has 1 amide bonds. The van der Waals surface area contributed by atoms with Crippen molar-refractivity contribution in [3.05, 3.63) is 52.3 Å². The highest BCUT2D eigenvalue weighted by Gasteiger charge is 2.17. The number of unbranched alkanes of at least 4 members (excludes halogenated alkanes) is 2. The number of fused-ring (bicyclic) bond motifs is 3. The van der Waals surface area contributed by atoms with Crippen molar-refractivity contribution in [3.63, 3.8) is 0 Å². The summed E-state index contributed by atoms with van der Waals surface area (Å²) in [5, 5.41) is 12.5. The van der Waals surface area contributed by atoms with Crippen LogP contribution in [0.15, 0.2) is 35.4 Å². The SMILES string of the molecule is CCCCc1nc2c(N)nc3cccnc3c2n1CCCCNC(=O)Cn1cc(C)c(O)cc1=O. The van der Waals surface area contributed by atoms with Gasteiger partial charge in [-0.2, -0.15) is 0 Å². The zero-order valence-electron chi connectivity index (χ0n) is 20.1. The van der Waals surface area contributed by atoms with Gasteiger partial charge in [0.05, 0.1) is 5.52 Å². The van der Waals surface area contributed by atoms with Crippen LogP contribution >= 0.6 is 0 Å². The highest BCUT2D eigenvalue weighted by molar-refractivity contribution is 6.04. The Morgan fingerprint density at radius 2 is 2.03 bits per heavy atom. The molecule has 0 saturated heterocycles. The maximum Gasteiger partial charge on any atom is 0.254 e. The number of hydrogen-bond donors (Lipinski definition) is 3. The number of hydrogen-bond acceptors (Lipinski definition) is 7. The van der Waals surface area contributed by atoms with Crippen molar-refractivity contribution in [1.82, 2.24) is 29.4 Å². The molecule has 0 aromatic carbocycles. The molecule has 0 fully saturated rings. The smallest absolute Gasteiger partial charge is 0.254 e. The minimum Gasteiger partial charge on any atom is -0.507 e. The molecule has 184 valence electrons. The van der Waals surface area contributed by atoms with Crippen LogP contribution in [0.4, 0.5) is 5.82 Å². The fourth-order valence-corrected chi connectivity index (χ4v) is 4.17. The predicted octanol–water partition coefficient (Wildman–Crippen LogP) is 2.68. The summed E-state index contributed by atoms with van der Waals surface area (Å²) in [6.07, 6.45) is 7.74. The second kappa shape index (κ2) is 10.5. The number of carbonyl (C=O) groups is 1. The Kier molecular flexibility index (Phi) is 7.28. The van der Waals surface area contributed by atoms with Gasteiger partial charge in [0.25, 0.3) is 5.56 Å².